The lowest BCUT2D eigenvalue weighted by atomic mass is 9.73. The molecule has 2 atom stereocenters. The number of nitrogen functional groups attached to an aromatic ring is 1. The molecule has 1 aromatic heterocycles. The fraction of sp³-hybridized carbons (Fsp3) is 0.615. The summed E-state index contributed by atoms with van der Waals surface area (Å²) in [6.07, 6.45) is 2.09. The Labute approximate surface area is 127 Å². The van der Waals surface area contributed by atoms with Gasteiger partial charge in [-0.15, -0.1) is 0 Å². The number of hydrogen-bond acceptors (Lipinski definition) is 6. The highest BCUT2D eigenvalue weighted by atomic mass is 35.5. The molecule has 3 N–H and O–H groups in total. The largest absolute Gasteiger partial charge is 0.382 e. The molecule has 0 aliphatic carbocycles. The molecule has 0 aromatic carbocycles. The standard InChI is InChI=1S/C13H18ClN5O2/c1-16-12(20)13-2-3-21-5-8(13)4-19(6-13)11-9(14)10(15)17-7-18-11/h7-8H,2-6H2,1H3,(H,16,20)(H2,15,17,18)/t8-,13+/m1/s1. The van der Waals surface area contributed by atoms with E-state index >= 15 is 0 Å². The molecule has 7 nitrogen and oxygen atoms in total. The molecular weight excluding hydrogens is 294 g/mol. The number of nitrogens with one attached hydrogen (secondary N) is 1. The van der Waals surface area contributed by atoms with Gasteiger partial charge < -0.3 is 20.7 Å². The number of nitrogens with two attached hydrogens (primary N) is 1. The molecule has 0 saturated carbocycles. The highest BCUT2D eigenvalue weighted by molar-refractivity contribution is 6.35. The van der Waals surface area contributed by atoms with E-state index in [-0.39, 0.29) is 17.6 Å². The smallest absolute Gasteiger partial charge is 0.228 e. The second-order valence-electron chi connectivity index (χ2n) is 5.53. The highest BCUT2D eigenvalue weighted by Crippen LogP contribution is 2.44. The molecule has 3 heterocycles. The number of hydrogen-bond donors (Lipinski definition) is 2. The summed E-state index contributed by atoms with van der Waals surface area (Å²) in [5.74, 6) is 1.01. The predicted octanol–water partition coefficient (Wildman–Crippen LogP) is 0.301. The fourth-order valence-corrected chi connectivity index (χ4v) is 3.54. The first kappa shape index (κ1) is 14.3. The Morgan fingerprint density at radius 1 is 1.62 bits per heavy atom. The van der Waals surface area contributed by atoms with E-state index in [4.69, 9.17) is 22.1 Å². The first-order valence-corrected chi connectivity index (χ1v) is 7.27. The van der Waals surface area contributed by atoms with Crippen LogP contribution in [0.3, 0.4) is 0 Å². The summed E-state index contributed by atoms with van der Waals surface area (Å²) < 4.78 is 5.54. The van der Waals surface area contributed by atoms with Gasteiger partial charge in [0.05, 0.1) is 12.0 Å². The van der Waals surface area contributed by atoms with Gasteiger partial charge in [0, 0.05) is 32.7 Å². The first-order valence-electron chi connectivity index (χ1n) is 6.89. The predicted molar refractivity (Wildman–Crippen MR) is 79.1 cm³/mol. The van der Waals surface area contributed by atoms with Crippen molar-refractivity contribution < 1.29 is 9.53 Å². The van der Waals surface area contributed by atoms with E-state index in [1.807, 2.05) is 4.90 Å². The van der Waals surface area contributed by atoms with Gasteiger partial charge in [-0.1, -0.05) is 11.6 Å². The van der Waals surface area contributed by atoms with Gasteiger partial charge in [-0.25, -0.2) is 9.97 Å². The van der Waals surface area contributed by atoms with Crippen LogP contribution in [0.15, 0.2) is 6.33 Å². The number of halogens is 1. The van der Waals surface area contributed by atoms with Crippen LogP contribution in [0.1, 0.15) is 6.42 Å². The molecule has 0 bridgehead atoms. The quantitative estimate of drug-likeness (QED) is 0.816. The number of anilines is 2. The molecule has 0 radical (unpaired) electrons. The fourth-order valence-electron chi connectivity index (χ4n) is 3.33. The Bertz CT molecular complexity index is 569. The van der Waals surface area contributed by atoms with Gasteiger partial charge in [0.2, 0.25) is 5.91 Å². The Morgan fingerprint density at radius 2 is 2.43 bits per heavy atom. The molecule has 3 rings (SSSR count). The molecule has 8 heteroatoms. The maximum absolute atomic E-state index is 12.4. The van der Waals surface area contributed by atoms with Crippen molar-refractivity contribution in [2.75, 3.05) is 44.0 Å². The zero-order valence-electron chi connectivity index (χ0n) is 11.8. The highest BCUT2D eigenvalue weighted by Gasteiger charge is 2.53. The Morgan fingerprint density at radius 3 is 3.19 bits per heavy atom. The monoisotopic (exact) mass is 311 g/mol. The van der Waals surface area contributed by atoms with Gasteiger partial charge in [-0.3, -0.25) is 4.79 Å². The second kappa shape index (κ2) is 5.31. The molecule has 0 spiro atoms. The van der Waals surface area contributed by atoms with Gasteiger partial charge in [0.1, 0.15) is 17.2 Å². The van der Waals surface area contributed by atoms with Crippen LogP contribution >= 0.6 is 11.6 Å². The molecular formula is C13H18ClN5O2. The lowest BCUT2D eigenvalue weighted by Crippen LogP contribution is -2.49. The number of ether oxygens (including phenoxy) is 1. The van der Waals surface area contributed by atoms with Crippen molar-refractivity contribution in [1.82, 2.24) is 15.3 Å². The minimum Gasteiger partial charge on any atom is -0.382 e. The van der Waals surface area contributed by atoms with E-state index in [1.54, 1.807) is 7.05 Å². The van der Waals surface area contributed by atoms with E-state index in [0.29, 0.717) is 43.6 Å². The molecule has 114 valence electrons. The van der Waals surface area contributed by atoms with Crippen molar-refractivity contribution in [3.63, 3.8) is 0 Å². The Balaban J connectivity index is 1.94. The summed E-state index contributed by atoms with van der Waals surface area (Å²) in [6.45, 7) is 2.40. The van der Waals surface area contributed by atoms with Crippen molar-refractivity contribution in [2.24, 2.45) is 11.3 Å². The number of aromatic nitrogens is 2. The molecule has 1 aromatic rings. The Hall–Kier alpha value is -1.60. The normalized spacial score (nSPS) is 28.3. The number of amides is 1. The van der Waals surface area contributed by atoms with E-state index in [9.17, 15) is 4.79 Å². The zero-order valence-corrected chi connectivity index (χ0v) is 12.6. The van der Waals surface area contributed by atoms with Crippen LogP contribution in [-0.2, 0) is 9.53 Å². The molecule has 0 unspecified atom stereocenters. The van der Waals surface area contributed by atoms with E-state index in [2.05, 4.69) is 15.3 Å². The molecule has 21 heavy (non-hydrogen) atoms. The number of rotatable bonds is 2. The van der Waals surface area contributed by atoms with Gasteiger partial charge in [0.25, 0.3) is 0 Å². The van der Waals surface area contributed by atoms with Crippen molar-refractivity contribution in [3.05, 3.63) is 11.3 Å². The summed E-state index contributed by atoms with van der Waals surface area (Å²) in [5, 5.41) is 3.12. The van der Waals surface area contributed by atoms with E-state index in [0.717, 1.165) is 0 Å². The number of nitrogens with zero attached hydrogens (tertiary/aromatic N) is 3. The van der Waals surface area contributed by atoms with Crippen LogP contribution in [0.25, 0.3) is 0 Å². The lowest BCUT2D eigenvalue weighted by molar-refractivity contribution is -0.138. The second-order valence-corrected chi connectivity index (χ2v) is 5.91. The molecule has 2 aliphatic rings. The number of carbonyl (C=O) groups is 1. The van der Waals surface area contributed by atoms with Crippen molar-refractivity contribution in [2.45, 2.75) is 6.42 Å². The average Bonchev–Trinajstić information content (AvgIpc) is 2.89. The van der Waals surface area contributed by atoms with Crippen molar-refractivity contribution in [1.29, 1.82) is 0 Å². The molecule has 2 fully saturated rings. The summed E-state index contributed by atoms with van der Waals surface area (Å²) in [5.41, 5.74) is 5.29. The topological polar surface area (TPSA) is 93.4 Å². The third kappa shape index (κ3) is 2.20. The lowest BCUT2D eigenvalue weighted by Gasteiger charge is -2.36. The average molecular weight is 312 g/mol. The van der Waals surface area contributed by atoms with E-state index in [1.165, 1.54) is 6.33 Å². The van der Waals surface area contributed by atoms with Crippen LogP contribution in [0.2, 0.25) is 5.02 Å². The summed E-state index contributed by atoms with van der Waals surface area (Å²) in [4.78, 5) is 22.5. The zero-order chi connectivity index (χ0) is 15.0. The van der Waals surface area contributed by atoms with Crippen LogP contribution < -0.4 is 16.0 Å². The first-order chi connectivity index (χ1) is 10.1. The maximum Gasteiger partial charge on any atom is 0.228 e. The van der Waals surface area contributed by atoms with Gasteiger partial charge >= 0.3 is 0 Å². The summed E-state index contributed by atoms with van der Waals surface area (Å²) in [7, 11) is 1.67. The van der Waals surface area contributed by atoms with Crippen LogP contribution in [0.4, 0.5) is 11.6 Å². The SMILES string of the molecule is CNC(=O)[C@]12CCOC[C@H]1CN(c1ncnc(N)c1Cl)C2. The van der Waals surface area contributed by atoms with Gasteiger partial charge in [-0.2, -0.15) is 0 Å². The van der Waals surface area contributed by atoms with Crippen molar-refractivity contribution >= 4 is 29.1 Å². The Kier molecular flexibility index (Phi) is 3.62. The van der Waals surface area contributed by atoms with Crippen LogP contribution in [0.5, 0.6) is 0 Å². The minimum absolute atomic E-state index is 0.0523. The molecule has 1 amide bonds. The van der Waals surface area contributed by atoms with Gasteiger partial charge in [-0.05, 0) is 6.42 Å². The number of fused-ring (bicyclic) bond motifs is 1. The van der Waals surface area contributed by atoms with Crippen LogP contribution in [0, 0.1) is 11.3 Å². The summed E-state index contributed by atoms with van der Waals surface area (Å²) >= 11 is 6.21. The molecule has 2 saturated heterocycles. The minimum atomic E-state index is -0.448. The van der Waals surface area contributed by atoms with Crippen molar-refractivity contribution in [3.8, 4) is 0 Å². The maximum atomic E-state index is 12.4. The summed E-state index contributed by atoms with van der Waals surface area (Å²) in [6, 6.07) is 0. The third-order valence-electron chi connectivity index (χ3n) is 4.48. The number of carbonyl (C=O) groups excluding carboxylic acids is 1. The third-order valence-corrected chi connectivity index (χ3v) is 4.85. The van der Waals surface area contributed by atoms with E-state index < -0.39 is 5.41 Å². The van der Waals surface area contributed by atoms with Gasteiger partial charge in [0.15, 0.2) is 5.82 Å². The van der Waals surface area contributed by atoms with Crippen LogP contribution in [-0.4, -0.2) is 49.2 Å². The molecule has 2 aliphatic heterocycles.